The number of carbonyl (C=O) groups is 1. The third-order valence-corrected chi connectivity index (χ3v) is 4.63. The maximum Gasteiger partial charge on any atom is 0.327 e. The fourth-order valence-corrected chi connectivity index (χ4v) is 2.57. The van der Waals surface area contributed by atoms with Crippen molar-refractivity contribution in [3.63, 3.8) is 0 Å². The third kappa shape index (κ3) is 2.24. The summed E-state index contributed by atoms with van der Waals surface area (Å²) in [5.41, 5.74) is 0.195. The number of carboxylic acid groups (broad SMARTS) is 1. The van der Waals surface area contributed by atoms with Crippen molar-refractivity contribution in [1.82, 2.24) is 0 Å². The van der Waals surface area contributed by atoms with Crippen molar-refractivity contribution in [2.45, 2.75) is 47.0 Å². The van der Waals surface area contributed by atoms with Crippen LogP contribution in [0.4, 0.5) is 0 Å². The summed E-state index contributed by atoms with van der Waals surface area (Å²) in [6.07, 6.45) is 6.74. The largest absolute Gasteiger partial charge is 0.478 e. The van der Waals surface area contributed by atoms with Gasteiger partial charge in [0.1, 0.15) is 0 Å². The Morgan fingerprint density at radius 3 is 2.53 bits per heavy atom. The number of hydrogen-bond acceptors (Lipinski definition) is 1. The smallest absolute Gasteiger partial charge is 0.327 e. The molecule has 0 heterocycles. The van der Waals surface area contributed by atoms with Crippen LogP contribution >= 0.6 is 0 Å². The van der Waals surface area contributed by atoms with Gasteiger partial charge in [-0.25, -0.2) is 4.79 Å². The lowest BCUT2D eigenvalue weighted by molar-refractivity contribution is -0.131. The molecule has 1 fully saturated rings. The van der Waals surface area contributed by atoms with Gasteiger partial charge >= 0.3 is 5.97 Å². The molecule has 2 nitrogen and oxygen atoms in total. The quantitative estimate of drug-likeness (QED) is 0.708. The van der Waals surface area contributed by atoms with Crippen LogP contribution in [0.5, 0.6) is 0 Å². The van der Waals surface area contributed by atoms with E-state index in [2.05, 4.69) is 27.7 Å². The van der Waals surface area contributed by atoms with E-state index in [4.69, 9.17) is 5.11 Å². The Morgan fingerprint density at radius 2 is 2.00 bits per heavy atom. The first kappa shape index (κ1) is 12.3. The first-order chi connectivity index (χ1) is 6.79. The zero-order valence-electron chi connectivity index (χ0n) is 10.2. The lowest BCUT2D eigenvalue weighted by Gasteiger charge is -2.50. The fraction of sp³-hybridized carbons (Fsp3) is 0.769. The lowest BCUT2D eigenvalue weighted by atomic mass is 9.54. The zero-order chi connectivity index (χ0) is 11.7. The van der Waals surface area contributed by atoms with Gasteiger partial charge in [0, 0.05) is 6.08 Å². The molecule has 0 amide bonds. The highest BCUT2D eigenvalue weighted by atomic mass is 16.4. The molecule has 15 heavy (non-hydrogen) atoms. The van der Waals surface area contributed by atoms with Gasteiger partial charge in [-0.3, -0.25) is 0 Å². The fourth-order valence-electron chi connectivity index (χ4n) is 2.57. The van der Waals surface area contributed by atoms with Gasteiger partial charge in [-0.2, -0.15) is 0 Å². The monoisotopic (exact) mass is 210 g/mol. The van der Waals surface area contributed by atoms with Crippen LogP contribution in [-0.2, 0) is 4.79 Å². The van der Waals surface area contributed by atoms with Crippen LogP contribution < -0.4 is 0 Å². The van der Waals surface area contributed by atoms with Gasteiger partial charge in [0.15, 0.2) is 0 Å². The second-order valence-corrected chi connectivity index (χ2v) is 5.60. The molecule has 86 valence electrons. The molecule has 1 saturated carbocycles. The molecule has 2 heteroatoms. The van der Waals surface area contributed by atoms with Crippen LogP contribution in [0, 0.1) is 16.7 Å². The summed E-state index contributed by atoms with van der Waals surface area (Å²) in [7, 11) is 0. The predicted octanol–water partition coefficient (Wildman–Crippen LogP) is 3.48. The molecule has 2 unspecified atom stereocenters. The summed E-state index contributed by atoms with van der Waals surface area (Å²) < 4.78 is 0. The Kier molecular flexibility index (Phi) is 3.27. The minimum atomic E-state index is -0.842. The van der Waals surface area contributed by atoms with E-state index in [1.54, 1.807) is 0 Å². The normalized spacial score (nSPS) is 35.6. The predicted molar refractivity (Wildman–Crippen MR) is 61.7 cm³/mol. The van der Waals surface area contributed by atoms with Crippen molar-refractivity contribution in [2.75, 3.05) is 0 Å². The number of hydrogen-bond donors (Lipinski definition) is 1. The highest BCUT2D eigenvalue weighted by Crippen LogP contribution is 2.53. The number of rotatable bonds is 2. The van der Waals surface area contributed by atoms with Crippen molar-refractivity contribution in [2.24, 2.45) is 16.7 Å². The van der Waals surface area contributed by atoms with Crippen molar-refractivity contribution < 1.29 is 9.90 Å². The first-order valence-electron chi connectivity index (χ1n) is 5.72. The molecule has 1 aliphatic carbocycles. The molecule has 1 aliphatic rings. The molecule has 2 atom stereocenters. The Hall–Kier alpha value is -0.790. The summed E-state index contributed by atoms with van der Waals surface area (Å²) >= 11 is 0. The molecule has 0 aromatic rings. The van der Waals surface area contributed by atoms with Crippen molar-refractivity contribution in [1.29, 1.82) is 0 Å². The molecule has 0 aliphatic heterocycles. The summed E-state index contributed by atoms with van der Waals surface area (Å²) in [6, 6.07) is 0. The van der Waals surface area contributed by atoms with Crippen LogP contribution in [0.15, 0.2) is 12.2 Å². The van der Waals surface area contributed by atoms with E-state index >= 15 is 0 Å². The average Bonchev–Trinajstić information content (AvgIpc) is 2.12. The van der Waals surface area contributed by atoms with E-state index in [1.165, 1.54) is 18.9 Å². The van der Waals surface area contributed by atoms with Crippen molar-refractivity contribution in [3.8, 4) is 0 Å². The van der Waals surface area contributed by atoms with Gasteiger partial charge < -0.3 is 5.11 Å². The van der Waals surface area contributed by atoms with E-state index in [0.29, 0.717) is 5.92 Å². The lowest BCUT2D eigenvalue weighted by Crippen LogP contribution is -2.42. The SMILES string of the molecule is CC1CCCC(C)(C=CC(=O)O)C1(C)C. The molecule has 0 radical (unpaired) electrons. The van der Waals surface area contributed by atoms with Crippen LogP contribution in [0.25, 0.3) is 0 Å². The molecule has 1 N–H and O–H groups in total. The summed E-state index contributed by atoms with van der Waals surface area (Å²) in [4.78, 5) is 10.6. The maximum atomic E-state index is 10.6. The summed E-state index contributed by atoms with van der Waals surface area (Å²) in [5, 5.41) is 8.71. The minimum Gasteiger partial charge on any atom is -0.478 e. The van der Waals surface area contributed by atoms with Gasteiger partial charge in [-0.15, -0.1) is 0 Å². The highest BCUT2D eigenvalue weighted by molar-refractivity contribution is 5.79. The second-order valence-electron chi connectivity index (χ2n) is 5.60. The standard InChI is InChI=1S/C13H22O2/c1-10-6-5-8-13(4,12(10,2)3)9-7-11(14)15/h7,9-10H,5-6,8H2,1-4H3,(H,14,15). The molecule has 1 rings (SSSR count). The van der Waals surface area contributed by atoms with E-state index in [1.807, 2.05) is 6.08 Å². The molecule has 0 aromatic heterocycles. The van der Waals surface area contributed by atoms with Crippen LogP contribution in [0.1, 0.15) is 47.0 Å². The zero-order valence-corrected chi connectivity index (χ0v) is 10.2. The highest BCUT2D eigenvalue weighted by Gasteiger charge is 2.45. The van der Waals surface area contributed by atoms with Crippen molar-refractivity contribution >= 4 is 5.97 Å². The van der Waals surface area contributed by atoms with E-state index in [-0.39, 0.29) is 10.8 Å². The van der Waals surface area contributed by atoms with Crippen LogP contribution in [-0.4, -0.2) is 11.1 Å². The second kappa shape index (κ2) is 3.99. The summed E-state index contributed by atoms with van der Waals surface area (Å²) in [5.74, 6) is -0.194. The molecule has 0 aromatic carbocycles. The van der Waals surface area contributed by atoms with E-state index < -0.39 is 5.97 Å². The van der Waals surface area contributed by atoms with Crippen molar-refractivity contribution in [3.05, 3.63) is 12.2 Å². The topological polar surface area (TPSA) is 37.3 Å². The number of aliphatic carboxylic acids is 1. The van der Waals surface area contributed by atoms with E-state index in [0.717, 1.165) is 6.42 Å². The maximum absolute atomic E-state index is 10.6. The van der Waals surface area contributed by atoms with Gasteiger partial charge in [-0.05, 0) is 23.2 Å². The Labute approximate surface area is 92.4 Å². The van der Waals surface area contributed by atoms with Gasteiger partial charge in [-0.1, -0.05) is 46.6 Å². The Balaban J connectivity index is 2.94. The average molecular weight is 210 g/mol. The third-order valence-electron chi connectivity index (χ3n) is 4.63. The molecule has 0 saturated heterocycles. The van der Waals surface area contributed by atoms with Crippen LogP contribution in [0.3, 0.4) is 0 Å². The van der Waals surface area contributed by atoms with E-state index in [9.17, 15) is 4.79 Å². The van der Waals surface area contributed by atoms with Gasteiger partial charge in [0.05, 0.1) is 0 Å². The first-order valence-corrected chi connectivity index (χ1v) is 5.72. The molecular formula is C13H22O2. The number of allylic oxidation sites excluding steroid dienone is 1. The Bertz CT molecular complexity index is 278. The molecule has 0 bridgehead atoms. The molecular weight excluding hydrogens is 188 g/mol. The van der Waals surface area contributed by atoms with Gasteiger partial charge in [0.2, 0.25) is 0 Å². The Morgan fingerprint density at radius 1 is 1.40 bits per heavy atom. The van der Waals surface area contributed by atoms with Crippen LogP contribution in [0.2, 0.25) is 0 Å². The number of carboxylic acids is 1. The summed E-state index contributed by atoms with van der Waals surface area (Å²) in [6.45, 7) is 8.96. The molecule has 0 spiro atoms. The van der Waals surface area contributed by atoms with Gasteiger partial charge in [0.25, 0.3) is 0 Å². The minimum absolute atomic E-state index is 0.0169.